The van der Waals surface area contributed by atoms with Crippen LogP contribution in [0.15, 0.2) is 29.0 Å². The lowest BCUT2D eigenvalue weighted by Gasteiger charge is -1.99. The van der Waals surface area contributed by atoms with Crippen LogP contribution >= 0.6 is 22.7 Å². The van der Waals surface area contributed by atoms with Crippen molar-refractivity contribution < 1.29 is 9.53 Å². The van der Waals surface area contributed by atoms with Crippen molar-refractivity contribution in [2.24, 2.45) is 0 Å². The van der Waals surface area contributed by atoms with Gasteiger partial charge in [0.25, 0.3) is 0 Å². The van der Waals surface area contributed by atoms with Crippen molar-refractivity contribution >= 4 is 34.7 Å². The molecule has 0 saturated heterocycles. The van der Waals surface area contributed by atoms with Crippen LogP contribution in [-0.2, 0) is 16.0 Å². The fourth-order valence-corrected chi connectivity index (χ4v) is 2.64. The summed E-state index contributed by atoms with van der Waals surface area (Å²) in [6.07, 6.45) is 3.87. The summed E-state index contributed by atoms with van der Waals surface area (Å²) in [5, 5.41) is 4.91. The van der Waals surface area contributed by atoms with E-state index < -0.39 is 0 Å². The van der Waals surface area contributed by atoms with Crippen molar-refractivity contribution in [1.82, 2.24) is 4.98 Å². The first kappa shape index (κ1) is 13.0. The van der Waals surface area contributed by atoms with Gasteiger partial charge in [0.2, 0.25) is 0 Å². The van der Waals surface area contributed by atoms with Crippen LogP contribution in [0.4, 0.5) is 0 Å². The Bertz CT molecular complexity index is 529. The summed E-state index contributed by atoms with van der Waals surface area (Å²) < 4.78 is 5.10. The maximum atomic E-state index is 11.4. The number of ether oxygens (including phenoxy) is 1. The number of hydrogen-bond acceptors (Lipinski definition) is 5. The molecule has 94 valence electrons. The van der Waals surface area contributed by atoms with Gasteiger partial charge in [-0.05, 0) is 24.4 Å². The molecule has 2 aromatic rings. The molecule has 3 nitrogen and oxygen atoms in total. The van der Waals surface area contributed by atoms with Gasteiger partial charge in [0, 0.05) is 22.8 Å². The highest BCUT2D eigenvalue weighted by molar-refractivity contribution is 7.10. The van der Waals surface area contributed by atoms with Crippen LogP contribution in [0.5, 0.6) is 0 Å². The molecule has 0 radical (unpaired) electrons. The molecule has 0 N–H and O–H groups in total. The van der Waals surface area contributed by atoms with E-state index in [1.54, 1.807) is 28.7 Å². The van der Waals surface area contributed by atoms with Crippen LogP contribution in [0.1, 0.15) is 15.6 Å². The number of aromatic nitrogens is 1. The van der Waals surface area contributed by atoms with Gasteiger partial charge in [0.15, 0.2) is 0 Å². The lowest BCUT2D eigenvalue weighted by molar-refractivity contribution is -0.137. The summed E-state index contributed by atoms with van der Waals surface area (Å²) >= 11 is 3.23. The van der Waals surface area contributed by atoms with Gasteiger partial charge in [0.05, 0.1) is 17.3 Å². The van der Waals surface area contributed by atoms with Crippen molar-refractivity contribution in [1.29, 1.82) is 0 Å². The van der Waals surface area contributed by atoms with Gasteiger partial charge < -0.3 is 4.74 Å². The summed E-state index contributed by atoms with van der Waals surface area (Å²) in [7, 11) is 0. The zero-order chi connectivity index (χ0) is 12.8. The Hall–Kier alpha value is -1.46. The molecule has 2 heterocycles. The average molecular weight is 279 g/mol. The fraction of sp³-hybridized carbons (Fsp3) is 0.231. The molecule has 0 aliphatic heterocycles. The Morgan fingerprint density at radius 2 is 2.39 bits per heavy atom. The van der Waals surface area contributed by atoms with Gasteiger partial charge in [0.1, 0.15) is 0 Å². The molecular formula is C13H13NO2S2. The van der Waals surface area contributed by atoms with E-state index in [0.29, 0.717) is 6.61 Å². The van der Waals surface area contributed by atoms with Crippen molar-refractivity contribution in [3.8, 4) is 0 Å². The number of carbonyl (C=O) groups is 1. The predicted molar refractivity (Wildman–Crippen MR) is 74.9 cm³/mol. The Balaban J connectivity index is 1.73. The quantitative estimate of drug-likeness (QED) is 0.622. The monoisotopic (exact) mass is 279 g/mol. The van der Waals surface area contributed by atoms with Gasteiger partial charge in [-0.1, -0.05) is 6.07 Å². The van der Waals surface area contributed by atoms with Crippen molar-refractivity contribution in [3.05, 3.63) is 44.5 Å². The van der Waals surface area contributed by atoms with Gasteiger partial charge >= 0.3 is 5.97 Å². The van der Waals surface area contributed by atoms with Crippen LogP contribution in [0.3, 0.4) is 0 Å². The molecule has 2 aromatic heterocycles. The minimum absolute atomic E-state index is 0.322. The number of thiazole rings is 1. The largest absolute Gasteiger partial charge is 0.462 e. The van der Waals surface area contributed by atoms with Crippen LogP contribution < -0.4 is 0 Å². The summed E-state index contributed by atoms with van der Waals surface area (Å²) in [5.41, 5.74) is 0.799. The van der Waals surface area contributed by atoms with E-state index in [0.717, 1.165) is 17.1 Å². The molecule has 0 unspecified atom stereocenters. The highest BCUT2D eigenvalue weighted by Gasteiger charge is 2.00. The SMILES string of the molecule is Cc1nc(/C=C/C(=O)OCCc2cccs2)cs1. The lowest BCUT2D eigenvalue weighted by Crippen LogP contribution is -2.03. The maximum Gasteiger partial charge on any atom is 0.330 e. The fourth-order valence-electron chi connectivity index (χ4n) is 1.37. The van der Waals surface area contributed by atoms with Crippen molar-refractivity contribution in [2.45, 2.75) is 13.3 Å². The number of carbonyl (C=O) groups excluding carboxylic acids is 1. The molecule has 0 aromatic carbocycles. The minimum Gasteiger partial charge on any atom is -0.462 e. The smallest absolute Gasteiger partial charge is 0.330 e. The second kappa shape index (κ2) is 6.47. The Labute approximate surface area is 114 Å². The van der Waals surface area contributed by atoms with E-state index in [9.17, 15) is 4.79 Å². The molecular weight excluding hydrogens is 266 g/mol. The molecule has 0 amide bonds. The topological polar surface area (TPSA) is 39.2 Å². The Morgan fingerprint density at radius 1 is 1.50 bits per heavy atom. The van der Waals surface area contributed by atoms with Crippen molar-refractivity contribution in [2.75, 3.05) is 6.61 Å². The van der Waals surface area contributed by atoms with Gasteiger partial charge in [-0.3, -0.25) is 0 Å². The van der Waals surface area contributed by atoms with E-state index in [2.05, 4.69) is 4.98 Å². The molecule has 0 fully saturated rings. The van der Waals surface area contributed by atoms with E-state index in [1.165, 1.54) is 11.0 Å². The first-order chi connectivity index (χ1) is 8.74. The van der Waals surface area contributed by atoms with E-state index in [4.69, 9.17) is 4.74 Å². The summed E-state index contributed by atoms with van der Waals surface area (Å²) in [6.45, 7) is 2.35. The molecule has 0 spiro atoms. The number of esters is 1. The van der Waals surface area contributed by atoms with Crippen LogP contribution in [0.2, 0.25) is 0 Å². The Morgan fingerprint density at radius 3 is 3.06 bits per heavy atom. The Kier molecular flexibility index (Phi) is 4.66. The van der Waals surface area contributed by atoms with Crippen molar-refractivity contribution in [3.63, 3.8) is 0 Å². The third kappa shape index (κ3) is 4.09. The third-order valence-corrected chi connectivity index (χ3v) is 3.93. The molecule has 0 saturated carbocycles. The first-order valence-electron chi connectivity index (χ1n) is 5.53. The molecule has 0 atom stereocenters. The average Bonchev–Trinajstić information content (AvgIpc) is 2.98. The molecule has 0 aliphatic rings. The highest BCUT2D eigenvalue weighted by Crippen LogP contribution is 2.10. The first-order valence-corrected chi connectivity index (χ1v) is 7.29. The van der Waals surface area contributed by atoms with Gasteiger partial charge in [-0.25, -0.2) is 9.78 Å². The van der Waals surface area contributed by atoms with Crippen LogP contribution in [0.25, 0.3) is 6.08 Å². The van der Waals surface area contributed by atoms with E-state index in [-0.39, 0.29) is 5.97 Å². The normalized spacial score (nSPS) is 10.9. The van der Waals surface area contributed by atoms with Gasteiger partial charge in [-0.15, -0.1) is 22.7 Å². The zero-order valence-corrected chi connectivity index (χ0v) is 11.6. The molecule has 2 rings (SSSR count). The predicted octanol–water partition coefficient (Wildman–Crippen LogP) is 3.31. The number of nitrogens with zero attached hydrogens (tertiary/aromatic N) is 1. The zero-order valence-electron chi connectivity index (χ0n) is 9.96. The molecule has 5 heteroatoms. The maximum absolute atomic E-state index is 11.4. The summed E-state index contributed by atoms with van der Waals surface area (Å²) in [4.78, 5) is 16.9. The molecule has 18 heavy (non-hydrogen) atoms. The molecule has 0 aliphatic carbocycles. The number of hydrogen-bond donors (Lipinski definition) is 0. The second-order valence-electron chi connectivity index (χ2n) is 3.62. The van der Waals surface area contributed by atoms with E-state index in [1.807, 2.05) is 29.8 Å². The minimum atomic E-state index is -0.322. The standard InChI is InChI=1S/C13H13NO2S2/c1-10-14-11(9-18-10)4-5-13(15)16-7-6-12-3-2-8-17-12/h2-5,8-9H,6-7H2,1H3/b5-4+. The van der Waals surface area contributed by atoms with Gasteiger partial charge in [-0.2, -0.15) is 0 Å². The number of thiophene rings is 1. The lowest BCUT2D eigenvalue weighted by atomic mass is 10.3. The summed E-state index contributed by atoms with van der Waals surface area (Å²) in [6, 6.07) is 4.03. The molecule has 0 bridgehead atoms. The van der Waals surface area contributed by atoms with Crippen LogP contribution in [-0.4, -0.2) is 17.6 Å². The number of rotatable bonds is 5. The highest BCUT2D eigenvalue weighted by atomic mass is 32.1. The third-order valence-electron chi connectivity index (χ3n) is 2.20. The number of aryl methyl sites for hydroxylation is 1. The van der Waals surface area contributed by atoms with E-state index >= 15 is 0 Å². The second-order valence-corrected chi connectivity index (χ2v) is 5.72. The van der Waals surface area contributed by atoms with Crippen LogP contribution in [0, 0.1) is 6.92 Å². The summed E-state index contributed by atoms with van der Waals surface area (Å²) in [5.74, 6) is -0.322.